The van der Waals surface area contributed by atoms with Crippen LogP contribution in [0.25, 0.3) is 32.7 Å². The number of thiophene rings is 1. The standard InChI is InChI=1S/C53H35NO2S/c1-4-16-36(17-5-1)37-28-32-41(33-29-37)54(52-50-49(51(57-52)38-18-6-2-7-19-38)55-47-26-14-15-27-48(47)56-50)42-34-30-40(31-35-42)53(39-20-8-3-9-21-39)45-24-12-10-22-43(45)44-23-11-13-25-46(44)53/h1-35H. The molecule has 0 bridgehead atoms. The van der Waals surface area contributed by atoms with Gasteiger partial charge in [-0.15, -0.1) is 11.3 Å². The molecule has 2 aliphatic rings. The molecule has 0 fully saturated rings. The molecule has 2 heterocycles. The van der Waals surface area contributed by atoms with E-state index in [9.17, 15) is 0 Å². The second kappa shape index (κ2) is 13.6. The summed E-state index contributed by atoms with van der Waals surface area (Å²) in [5, 5.41) is 0.938. The number of fused-ring (bicyclic) bond motifs is 5. The molecule has 270 valence electrons. The zero-order valence-electron chi connectivity index (χ0n) is 30.9. The number of hydrogen-bond acceptors (Lipinski definition) is 4. The number of nitrogens with zero attached hydrogens (tertiary/aromatic N) is 1. The zero-order chi connectivity index (χ0) is 37.8. The molecule has 0 atom stereocenters. The van der Waals surface area contributed by atoms with Crippen molar-refractivity contribution in [2.75, 3.05) is 4.90 Å². The molecule has 3 nitrogen and oxygen atoms in total. The van der Waals surface area contributed by atoms with Crippen LogP contribution >= 0.6 is 11.3 Å². The van der Waals surface area contributed by atoms with Gasteiger partial charge in [-0.25, -0.2) is 0 Å². The molecule has 0 saturated heterocycles. The third-order valence-electron chi connectivity index (χ3n) is 11.3. The van der Waals surface area contributed by atoms with Gasteiger partial charge in [0, 0.05) is 11.4 Å². The smallest absolute Gasteiger partial charge is 0.205 e. The first kappa shape index (κ1) is 33.2. The molecule has 4 heteroatoms. The number of para-hydroxylation sites is 2. The molecule has 0 amide bonds. The van der Waals surface area contributed by atoms with Crippen LogP contribution in [0.2, 0.25) is 0 Å². The quantitative estimate of drug-likeness (QED) is 0.162. The van der Waals surface area contributed by atoms with Crippen LogP contribution in [-0.2, 0) is 5.41 Å². The lowest BCUT2D eigenvalue weighted by atomic mass is 9.68. The van der Waals surface area contributed by atoms with Crippen molar-refractivity contribution in [3.63, 3.8) is 0 Å². The van der Waals surface area contributed by atoms with Crippen molar-refractivity contribution in [2.45, 2.75) is 5.41 Å². The molecule has 9 aromatic rings. The highest BCUT2D eigenvalue weighted by Gasteiger charge is 2.46. The average Bonchev–Trinajstić information content (AvgIpc) is 3.80. The predicted molar refractivity (Wildman–Crippen MR) is 234 cm³/mol. The SMILES string of the molecule is c1ccc(-c2ccc(N(c3ccc(C4(c5ccccc5)c5ccccc5-c5ccccc54)cc3)c3sc(-c4ccccc4)c4c3Oc3ccccc3O4)cc2)cc1. The summed E-state index contributed by atoms with van der Waals surface area (Å²) < 4.78 is 13.5. The summed E-state index contributed by atoms with van der Waals surface area (Å²) in [6.07, 6.45) is 0. The minimum absolute atomic E-state index is 0.488. The molecule has 0 saturated carbocycles. The van der Waals surface area contributed by atoms with E-state index in [-0.39, 0.29) is 0 Å². The highest BCUT2D eigenvalue weighted by Crippen LogP contribution is 2.62. The maximum atomic E-state index is 6.83. The summed E-state index contributed by atoms with van der Waals surface area (Å²) in [4.78, 5) is 3.33. The average molecular weight is 750 g/mol. The fraction of sp³-hybridized carbons (Fsp3) is 0.0189. The molecule has 0 N–H and O–H groups in total. The fourth-order valence-electron chi connectivity index (χ4n) is 8.73. The van der Waals surface area contributed by atoms with Gasteiger partial charge in [0.2, 0.25) is 5.75 Å². The van der Waals surface area contributed by atoms with Gasteiger partial charge in [0.05, 0.1) is 10.3 Å². The lowest BCUT2D eigenvalue weighted by Crippen LogP contribution is -2.28. The van der Waals surface area contributed by atoms with E-state index in [1.54, 1.807) is 11.3 Å². The first-order valence-corrected chi connectivity index (χ1v) is 20.1. The first-order chi connectivity index (χ1) is 28.3. The summed E-state index contributed by atoms with van der Waals surface area (Å²) in [5.74, 6) is 2.83. The summed E-state index contributed by atoms with van der Waals surface area (Å²) >= 11 is 1.68. The van der Waals surface area contributed by atoms with Gasteiger partial charge in [-0.2, -0.15) is 0 Å². The minimum Gasteiger partial charge on any atom is -0.448 e. The van der Waals surface area contributed by atoms with E-state index in [0.29, 0.717) is 17.2 Å². The maximum absolute atomic E-state index is 6.83. The van der Waals surface area contributed by atoms with Gasteiger partial charge in [-0.1, -0.05) is 176 Å². The van der Waals surface area contributed by atoms with Crippen molar-refractivity contribution >= 4 is 27.7 Å². The van der Waals surface area contributed by atoms with Crippen LogP contribution < -0.4 is 14.4 Å². The Labute approximate surface area is 336 Å². The van der Waals surface area contributed by atoms with Gasteiger partial charge in [0.25, 0.3) is 0 Å². The molecule has 1 aliphatic carbocycles. The second-order valence-corrected chi connectivity index (χ2v) is 15.4. The second-order valence-electron chi connectivity index (χ2n) is 14.4. The van der Waals surface area contributed by atoms with Gasteiger partial charge in [-0.05, 0) is 86.5 Å². The van der Waals surface area contributed by atoms with Crippen LogP contribution in [0.4, 0.5) is 16.4 Å². The van der Waals surface area contributed by atoms with Crippen LogP contribution in [0.15, 0.2) is 212 Å². The number of ether oxygens (including phenoxy) is 2. The Morgan fingerprint density at radius 3 is 1.40 bits per heavy atom. The van der Waals surface area contributed by atoms with Crippen molar-refractivity contribution in [2.24, 2.45) is 0 Å². The van der Waals surface area contributed by atoms with E-state index < -0.39 is 5.41 Å². The maximum Gasteiger partial charge on any atom is 0.205 e. The summed E-state index contributed by atoms with van der Waals surface area (Å²) in [5.41, 5.74) is 12.5. The van der Waals surface area contributed by atoms with Crippen molar-refractivity contribution in [3.8, 4) is 55.7 Å². The van der Waals surface area contributed by atoms with E-state index in [0.717, 1.165) is 38.1 Å². The lowest BCUT2D eigenvalue weighted by molar-refractivity contribution is 0.364. The molecule has 0 radical (unpaired) electrons. The highest BCUT2D eigenvalue weighted by atomic mass is 32.1. The Morgan fingerprint density at radius 2 is 0.807 bits per heavy atom. The summed E-state index contributed by atoms with van der Waals surface area (Å²) in [7, 11) is 0. The normalized spacial score (nSPS) is 13.0. The van der Waals surface area contributed by atoms with Crippen LogP contribution in [0.3, 0.4) is 0 Å². The van der Waals surface area contributed by atoms with E-state index in [4.69, 9.17) is 9.47 Å². The topological polar surface area (TPSA) is 21.7 Å². The fourth-order valence-corrected chi connectivity index (χ4v) is 9.93. The van der Waals surface area contributed by atoms with E-state index >= 15 is 0 Å². The Morgan fingerprint density at radius 1 is 0.368 bits per heavy atom. The zero-order valence-corrected chi connectivity index (χ0v) is 31.7. The van der Waals surface area contributed by atoms with Gasteiger partial charge in [0.15, 0.2) is 17.2 Å². The third kappa shape index (κ3) is 5.33. The monoisotopic (exact) mass is 749 g/mol. The molecular weight excluding hydrogens is 715 g/mol. The number of anilines is 3. The van der Waals surface area contributed by atoms with E-state index in [1.807, 2.05) is 30.3 Å². The summed E-state index contributed by atoms with van der Waals surface area (Å²) in [6, 6.07) is 75.5. The Kier molecular flexibility index (Phi) is 7.90. The molecule has 0 unspecified atom stereocenters. The molecular formula is C53H35NO2S. The van der Waals surface area contributed by atoms with Crippen LogP contribution in [0, 0.1) is 0 Å². The van der Waals surface area contributed by atoms with Gasteiger partial charge in [-0.3, -0.25) is 4.90 Å². The van der Waals surface area contributed by atoms with E-state index in [2.05, 4.69) is 187 Å². The van der Waals surface area contributed by atoms with Crippen molar-refractivity contribution in [1.29, 1.82) is 0 Å². The van der Waals surface area contributed by atoms with Crippen LogP contribution in [-0.4, -0.2) is 0 Å². The molecule has 8 aromatic carbocycles. The summed E-state index contributed by atoms with van der Waals surface area (Å²) in [6.45, 7) is 0. The lowest BCUT2D eigenvalue weighted by Gasteiger charge is -2.34. The van der Waals surface area contributed by atoms with E-state index in [1.165, 1.54) is 38.9 Å². The number of benzene rings is 8. The van der Waals surface area contributed by atoms with Gasteiger partial charge < -0.3 is 9.47 Å². The molecule has 11 rings (SSSR count). The van der Waals surface area contributed by atoms with Gasteiger partial charge in [0.1, 0.15) is 5.00 Å². The minimum atomic E-state index is -0.488. The Bertz CT molecular complexity index is 2840. The molecule has 1 aliphatic heterocycles. The highest BCUT2D eigenvalue weighted by molar-refractivity contribution is 7.20. The predicted octanol–water partition coefficient (Wildman–Crippen LogP) is 14.8. The third-order valence-corrected chi connectivity index (χ3v) is 12.5. The number of hydrogen-bond donors (Lipinski definition) is 0. The van der Waals surface area contributed by atoms with Crippen molar-refractivity contribution < 1.29 is 9.47 Å². The molecule has 1 aromatic heterocycles. The first-order valence-electron chi connectivity index (χ1n) is 19.3. The van der Waals surface area contributed by atoms with Crippen molar-refractivity contribution in [3.05, 3.63) is 235 Å². The van der Waals surface area contributed by atoms with Gasteiger partial charge >= 0.3 is 0 Å². The van der Waals surface area contributed by atoms with Crippen LogP contribution in [0.5, 0.6) is 23.0 Å². The molecule has 57 heavy (non-hydrogen) atoms. The Balaban J connectivity index is 1.11. The van der Waals surface area contributed by atoms with Crippen molar-refractivity contribution in [1.82, 2.24) is 0 Å². The van der Waals surface area contributed by atoms with Crippen LogP contribution in [0.1, 0.15) is 22.3 Å². The molecule has 0 spiro atoms. The Hall–Kier alpha value is -7.14. The number of rotatable bonds is 7. The largest absolute Gasteiger partial charge is 0.448 e.